The van der Waals surface area contributed by atoms with Crippen molar-refractivity contribution < 1.29 is 9.53 Å². The van der Waals surface area contributed by atoms with Gasteiger partial charge in [0.25, 0.3) is 0 Å². The Bertz CT molecular complexity index is 465. The van der Waals surface area contributed by atoms with Gasteiger partial charge >= 0.3 is 5.97 Å². The molecule has 4 nitrogen and oxygen atoms in total. The van der Waals surface area contributed by atoms with E-state index >= 15 is 0 Å². The summed E-state index contributed by atoms with van der Waals surface area (Å²) < 4.78 is 7.33. The Balaban J connectivity index is 2.03. The van der Waals surface area contributed by atoms with Crippen molar-refractivity contribution in [2.45, 2.75) is 59.6 Å². The van der Waals surface area contributed by atoms with Crippen molar-refractivity contribution in [3.8, 4) is 0 Å². The Hall–Kier alpha value is -1.32. The van der Waals surface area contributed by atoms with Crippen LogP contribution in [-0.4, -0.2) is 21.4 Å². The predicted molar refractivity (Wildman–Crippen MR) is 74.0 cm³/mol. The van der Waals surface area contributed by atoms with E-state index in [9.17, 15) is 4.79 Å². The van der Waals surface area contributed by atoms with Crippen LogP contribution in [0.4, 0.5) is 0 Å². The number of esters is 1. The highest BCUT2D eigenvalue weighted by Crippen LogP contribution is 2.34. The van der Waals surface area contributed by atoms with Gasteiger partial charge in [0.15, 0.2) is 0 Å². The van der Waals surface area contributed by atoms with Crippen LogP contribution in [0.25, 0.3) is 0 Å². The SMILES string of the molecule is Cc1c(C(=O)OC(C)(C)C)cnn1CC1CC(C)C1. The van der Waals surface area contributed by atoms with E-state index in [4.69, 9.17) is 4.74 Å². The fourth-order valence-corrected chi connectivity index (χ4v) is 2.63. The highest BCUT2D eigenvalue weighted by molar-refractivity contribution is 5.90. The van der Waals surface area contributed by atoms with Gasteiger partial charge in [0, 0.05) is 12.2 Å². The minimum atomic E-state index is -0.463. The maximum absolute atomic E-state index is 12.0. The molecule has 1 aliphatic rings. The Morgan fingerprint density at radius 2 is 2.11 bits per heavy atom. The van der Waals surface area contributed by atoms with E-state index in [1.807, 2.05) is 32.4 Å². The van der Waals surface area contributed by atoms with E-state index in [0.717, 1.165) is 18.2 Å². The van der Waals surface area contributed by atoms with Crippen molar-refractivity contribution in [1.29, 1.82) is 0 Å². The molecule has 4 heteroatoms. The number of aromatic nitrogens is 2. The second kappa shape index (κ2) is 4.99. The number of ether oxygens (including phenoxy) is 1. The van der Waals surface area contributed by atoms with Crippen molar-refractivity contribution in [2.24, 2.45) is 11.8 Å². The van der Waals surface area contributed by atoms with Crippen LogP contribution in [0.1, 0.15) is 56.6 Å². The minimum absolute atomic E-state index is 0.279. The molecule has 0 unspecified atom stereocenters. The summed E-state index contributed by atoms with van der Waals surface area (Å²) in [5.74, 6) is 1.27. The third-order valence-corrected chi connectivity index (χ3v) is 3.62. The number of rotatable bonds is 3. The molecule has 19 heavy (non-hydrogen) atoms. The highest BCUT2D eigenvalue weighted by Gasteiger charge is 2.27. The fraction of sp³-hybridized carbons (Fsp3) is 0.733. The Kier molecular flexibility index (Phi) is 3.70. The van der Waals surface area contributed by atoms with Gasteiger partial charge in [-0.25, -0.2) is 4.79 Å². The molecule has 1 fully saturated rings. The van der Waals surface area contributed by atoms with E-state index < -0.39 is 5.60 Å². The van der Waals surface area contributed by atoms with Crippen LogP contribution < -0.4 is 0 Å². The molecule has 0 aromatic carbocycles. The minimum Gasteiger partial charge on any atom is -0.456 e. The first-order valence-corrected chi connectivity index (χ1v) is 7.02. The molecule has 106 valence electrons. The second-order valence-corrected chi connectivity index (χ2v) is 6.77. The lowest BCUT2D eigenvalue weighted by molar-refractivity contribution is 0.00684. The Morgan fingerprint density at radius 1 is 1.47 bits per heavy atom. The van der Waals surface area contributed by atoms with Gasteiger partial charge in [0.2, 0.25) is 0 Å². The quantitative estimate of drug-likeness (QED) is 0.787. The lowest BCUT2D eigenvalue weighted by Crippen LogP contribution is -2.27. The maximum atomic E-state index is 12.0. The molecule has 0 bridgehead atoms. The van der Waals surface area contributed by atoms with Crippen LogP contribution in [0.2, 0.25) is 0 Å². The standard InChI is InChI=1S/C15H24N2O2/c1-10-6-12(7-10)9-17-11(2)13(8-16-17)14(18)19-15(3,4)5/h8,10,12H,6-7,9H2,1-5H3. The van der Waals surface area contributed by atoms with E-state index in [1.165, 1.54) is 12.8 Å². The van der Waals surface area contributed by atoms with E-state index in [2.05, 4.69) is 12.0 Å². The zero-order valence-corrected chi connectivity index (χ0v) is 12.6. The van der Waals surface area contributed by atoms with Crippen LogP contribution >= 0.6 is 0 Å². The van der Waals surface area contributed by atoms with Gasteiger partial charge < -0.3 is 4.74 Å². The number of carbonyl (C=O) groups is 1. The summed E-state index contributed by atoms with van der Waals surface area (Å²) in [7, 11) is 0. The Labute approximate surface area is 115 Å². The largest absolute Gasteiger partial charge is 0.456 e. The molecule has 0 amide bonds. The maximum Gasteiger partial charge on any atom is 0.342 e. The summed E-state index contributed by atoms with van der Waals surface area (Å²) in [5.41, 5.74) is 1.03. The average Bonchev–Trinajstić information content (AvgIpc) is 2.56. The summed E-state index contributed by atoms with van der Waals surface area (Å²) >= 11 is 0. The third-order valence-electron chi connectivity index (χ3n) is 3.62. The van der Waals surface area contributed by atoms with Crippen LogP contribution in [0, 0.1) is 18.8 Å². The zero-order valence-electron chi connectivity index (χ0n) is 12.6. The van der Waals surface area contributed by atoms with Gasteiger partial charge in [0.05, 0.1) is 6.20 Å². The first-order valence-electron chi connectivity index (χ1n) is 7.02. The summed E-state index contributed by atoms with van der Waals surface area (Å²) in [4.78, 5) is 12.0. The van der Waals surface area contributed by atoms with Crippen LogP contribution in [0.5, 0.6) is 0 Å². The molecule has 1 saturated carbocycles. The molecular formula is C15H24N2O2. The van der Waals surface area contributed by atoms with E-state index in [-0.39, 0.29) is 5.97 Å². The molecule has 0 N–H and O–H groups in total. The molecule has 0 radical (unpaired) electrons. The molecule has 2 rings (SSSR count). The average molecular weight is 264 g/mol. The first-order chi connectivity index (χ1) is 8.76. The summed E-state index contributed by atoms with van der Waals surface area (Å²) in [6, 6.07) is 0. The van der Waals surface area contributed by atoms with Crippen molar-refractivity contribution in [3.63, 3.8) is 0 Å². The molecule has 1 heterocycles. The second-order valence-electron chi connectivity index (χ2n) is 6.77. The van der Waals surface area contributed by atoms with Crippen molar-refractivity contribution >= 4 is 5.97 Å². The van der Waals surface area contributed by atoms with Gasteiger partial charge in [-0.1, -0.05) is 6.92 Å². The van der Waals surface area contributed by atoms with Gasteiger partial charge in [-0.3, -0.25) is 4.68 Å². The molecule has 0 spiro atoms. The number of nitrogens with zero attached hydrogens (tertiary/aromatic N) is 2. The lowest BCUT2D eigenvalue weighted by atomic mass is 9.76. The molecule has 0 aliphatic heterocycles. The lowest BCUT2D eigenvalue weighted by Gasteiger charge is -2.32. The van der Waals surface area contributed by atoms with Gasteiger partial charge in [-0.2, -0.15) is 5.10 Å². The van der Waals surface area contributed by atoms with Crippen LogP contribution in [0.3, 0.4) is 0 Å². The van der Waals surface area contributed by atoms with Crippen molar-refractivity contribution in [2.75, 3.05) is 0 Å². The zero-order chi connectivity index (χ0) is 14.2. The summed E-state index contributed by atoms with van der Waals surface area (Å²) in [6.07, 6.45) is 4.16. The molecular weight excluding hydrogens is 240 g/mol. The number of hydrogen-bond donors (Lipinski definition) is 0. The van der Waals surface area contributed by atoms with Crippen molar-refractivity contribution in [1.82, 2.24) is 9.78 Å². The highest BCUT2D eigenvalue weighted by atomic mass is 16.6. The number of hydrogen-bond acceptors (Lipinski definition) is 3. The molecule has 1 aromatic rings. The number of carbonyl (C=O) groups excluding carboxylic acids is 1. The van der Waals surface area contributed by atoms with Crippen LogP contribution in [0.15, 0.2) is 6.20 Å². The third kappa shape index (κ3) is 3.37. The summed E-state index contributed by atoms with van der Waals surface area (Å²) in [5, 5.41) is 4.33. The topological polar surface area (TPSA) is 44.1 Å². The first kappa shape index (κ1) is 14.1. The predicted octanol–water partition coefficient (Wildman–Crippen LogP) is 3.19. The summed E-state index contributed by atoms with van der Waals surface area (Å²) in [6.45, 7) is 10.8. The molecule has 0 saturated heterocycles. The van der Waals surface area contributed by atoms with Gasteiger partial charge in [-0.05, 0) is 52.4 Å². The molecule has 1 aliphatic carbocycles. The van der Waals surface area contributed by atoms with Crippen molar-refractivity contribution in [3.05, 3.63) is 17.5 Å². The van der Waals surface area contributed by atoms with Gasteiger partial charge in [-0.15, -0.1) is 0 Å². The Morgan fingerprint density at radius 3 is 2.63 bits per heavy atom. The molecule has 0 atom stereocenters. The molecule has 1 aromatic heterocycles. The fourth-order valence-electron chi connectivity index (χ4n) is 2.63. The van der Waals surface area contributed by atoms with Gasteiger partial charge in [0.1, 0.15) is 11.2 Å². The van der Waals surface area contributed by atoms with Crippen LogP contribution in [-0.2, 0) is 11.3 Å². The smallest absolute Gasteiger partial charge is 0.342 e. The monoisotopic (exact) mass is 264 g/mol. The normalized spacial score (nSPS) is 23.0. The van der Waals surface area contributed by atoms with E-state index in [0.29, 0.717) is 11.5 Å². The van der Waals surface area contributed by atoms with E-state index in [1.54, 1.807) is 6.20 Å².